The topological polar surface area (TPSA) is 21.6 Å². The highest BCUT2D eigenvalue weighted by Gasteiger charge is 1.98. The van der Waals surface area contributed by atoms with Crippen LogP contribution in [-0.2, 0) is 0 Å². The van der Waals surface area contributed by atoms with E-state index in [4.69, 9.17) is 4.74 Å². The third-order valence-electron chi connectivity index (χ3n) is 2.33. The van der Waals surface area contributed by atoms with Crippen molar-refractivity contribution in [2.45, 2.75) is 6.92 Å². The summed E-state index contributed by atoms with van der Waals surface area (Å²) >= 11 is 0. The minimum atomic E-state index is 0.663. The van der Waals surface area contributed by atoms with Gasteiger partial charge in [-0.05, 0) is 31.2 Å². The van der Waals surface area contributed by atoms with Crippen LogP contribution >= 0.6 is 0 Å². The molecule has 86 valence electrons. The lowest BCUT2D eigenvalue weighted by atomic mass is 10.2. The van der Waals surface area contributed by atoms with Gasteiger partial charge in [-0.25, -0.2) is 0 Å². The molecule has 0 heterocycles. The number of hydrogen-bond acceptors (Lipinski definition) is 2. The minimum absolute atomic E-state index is 0.663. The van der Waals surface area contributed by atoms with Gasteiger partial charge in [0.05, 0.1) is 12.3 Å². The summed E-state index contributed by atoms with van der Waals surface area (Å²) in [5, 5.41) is 0. The predicted molar refractivity (Wildman–Crippen MR) is 71.3 cm³/mol. The molecule has 0 fully saturated rings. The van der Waals surface area contributed by atoms with E-state index in [1.54, 1.807) is 0 Å². The summed E-state index contributed by atoms with van der Waals surface area (Å²) in [6.45, 7) is 2.64. The van der Waals surface area contributed by atoms with Gasteiger partial charge in [0.15, 0.2) is 0 Å². The van der Waals surface area contributed by atoms with E-state index in [-0.39, 0.29) is 0 Å². The molecule has 17 heavy (non-hydrogen) atoms. The highest BCUT2D eigenvalue weighted by Crippen LogP contribution is 2.17. The summed E-state index contributed by atoms with van der Waals surface area (Å²) in [4.78, 5) is 4.41. The summed E-state index contributed by atoms with van der Waals surface area (Å²) in [7, 11) is 0. The Hall–Kier alpha value is -2.09. The summed E-state index contributed by atoms with van der Waals surface area (Å²) < 4.78 is 5.53. The first-order chi connectivity index (χ1) is 8.40. The van der Waals surface area contributed by atoms with Gasteiger partial charge in [-0.1, -0.05) is 30.3 Å². The Morgan fingerprint density at radius 2 is 1.71 bits per heavy atom. The lowest BCUT2D eigenvalue weighted by Crippen LogP contribution is -1.95. The van der Waals surface area contributed by atoms with Crippen LogP contribution in [0.15, 0.2) is 59.6 Å². The number of benzene rings is 2. The van der Waals surface area contributed by atoms with Crippen molar-refractivity contribution in [2.24, 2.45) is 4.99 Å². The lowest BCUT2D eigenvalue weighted by molar-refractivity contribution is 0.340. The van der Waals surface area contributed by atoms with Gasteiger partial charge in [-0.3, -0.25) is 4.99 Å². The summed E-state index contributed by atoms with van der Waals surface area (Å²) in [6.07, 6.45) is 1.83. The second-order valence-electron chi connectivity index (χ2n) is 3.56. The molecule has 0 bridgehead atoms. The Balaban J connectivity index is 2.21. The van der Waals surface area contributed by atoms with E-state index in [1.807, 2.05) is 67.7 Å². The second kappa shape index (κ2) is 5.85. The molecule has 2 heteroatoms. The fourth-order valence-corrected chi connectivity index (χ4v) is 1.53. The van der Waals surface area contributed by atoms with E-state index in [0.717, 1.165) is 17.0 Å². The molecule has 0 amide bonds. The first-order valence-electron chi connectivity index (χ1n) is 5.71. The Morgan fingerprint density at radius 3 is 2.47 bits per heavy atom. The molecule has 0 unspecified atom stereocenters. The number of rotatable bonds is 4. The van der Waals surface area contributed by atoms with Crippen LogP contribution in [-0.4, -0.2) is 12.8 Å². The molecule has 0 atom stereocenters. The Labute approximate surface area is 102 Å². The molecule has 0 radical (unpaired) electrons. The van der Waals surface area contributed by atoms with Crippen molar-refractivity contribution in [3.8, 4) is 5.75 Å². The highest BCUT2D eigenvalue weighted by atomic mass is 16.5. The van der Waals surface area contributed by atoms with Crippen molar-refractivity contribution in [3.05, 3.63) is 60.2 Å². The standard InChI is InChI=1S/C15H15NO/c1-2-17-15-11-7-6-8-13(15)12-16-14-9-4-3-5-10-14/h3-12H,2H2,1H3. The Morgan fingerprint density at radius 1 is 1.00 bits per heavy atom. The summed E-state index contributed by atoms with van der Waals surface area (Å²) in [6, 6.07) is 17.8. The molecule has 0 aliphatic rings. The molecule has 0 aliphatic carbocycles. The number of para-hydroxylation sites is 2. The SMILES string of the molecule is CCOc1ccccc1C=Nc1ccccc1. The monoisotopic (exact) mass is 225 g/mol. The van der Waals surface area contributed by atoms with Crippen molar-refractivity contribution in [1.29, 1.82) is 0 Å². The van der Waals surface area contributed by atoms with E-state index < -0.39 is 0 Å². The van der Waals surface area contributed by atoms with E-state index in [2.05, 4.69) is 4.99 Å². The largest absolute Gasteiger partial charge is 0.493 e. The molecule has 2 nitrogen and oxygen atoms in total. The van der Waals surface area contributed by atoms with Crippen LogP contribution in [0, 0.1) is 0 Å². The van der Waals surface area contributed by atoms with Crippen molar-refractivity contribution in [2.75, 3.05) is 6.61 Å². The smallest absolute Gasteiger partial charge is 0.128 e. The van der Waals surface area contributed by atoms with Gasteiger partial charge >= 0.3 is 0 Å². The maximum atomic E-state index is 5.53. The van der Waals surface area contributed by atoms with Crippen molar-refractivity contribution in [1.82, 2.24) is 0 Å². The van der Waals surface area contributed by atoms with Crippen molar-refractivity contribution in [3.63, 3.8) is 0 Å². The van der Waals surface area contributed by atoms with Gasteiger partial charge in [0.1, 0.15) is 5.75 Å². The summed E-state index contributed by atoms with van der Waals surface area (Å²) in [5.41, 5.74) is 1.94. The molecule has 2 aromatic rings. The van der Waals surface area contributed by atoms with Crippen LogP contribution in [0.4, 0.5) is 5.69 Å². The van der Waals surface area contributed by atoms with Crippen LogP contribution < -0.4 is 4.74 Å². The van der Waals surface area contributed by atoms with Gasteiger partial charge in [0.2, 0.25) is 0 Å². The van der Waals surface area contributed by atoms with Crippen LogP contribution in [0.25, 0.3) is 0 Å². The van der Waals surface area contributed by atoms with Crippen LogP contribution in [0.1, 0.15) is 12.5 Å². The molecular formula is C15H15NO. The zero-order valence-corrected chi connectivity index (χ0v) is 9.84. The van der Waals surface area contributed by atoms with Gasteiger partial charge in [-0.15, -0.1) is 0 Å². The highest BCUT2D eigenvalue weighted by molar-refractivity contribution is 5.85. The average molecular weight is 225 g/mol. The molecule has 2 rings (SSSR count). The van der Waals surface area contributed by atoms with Gasteiger partial charge in [0.25, 0.3) is 0 Å². The molecule has 0 aliphatic heterocycles. The van der Waals surface area contributed by atoms with Gasteiger partial charge < -0.3 is 4.74 Å². The zero-order valence-electron chi connectivity index (χ0n) is 9.84. The van der Waals surface area contributed by atoms with Gasteiger partial charge in [0, 0.05) is 11.8 Å². The lowest BCUT2D eigenvalue weighted by Gasteiger charge is -2.05. The van der Waals surface area contributed by atoms with E-state index >= 15 is 0 Å². The zero-order chi connectivity index (χ0) is 11.9. The third-order valence-corrected chi connectivity index (χ3v) is 2.33. The van der Waals surface area contributed by atoms with E-state index in [1.165, 1.54) is 0 Å². The van der Waals surface area contributed by atoms with Crippen LogP contribution in [0.2, 0.25) is 0 Å². The number of nitrogens with zero attached hydrogens (tertiary/aromatic N) is 1. The number of hydrogen-bond donors (Lipinski definition) is 0. The first-order valence-corrected chi connectivity index (χ1v) is 5.71. The normalized spacial score (nSPS) is 10.6. The molecule has 0 saturated carbocycles. The van der Waals surface area contributed by atoms with Crippen LogP contribution in [0.3, 0.4) is 0 Å². The third kappa shape index (κ3) is 3.18. The maximum absolute atomic E-state index is 5.53. The summed E-state index contributed by atoms with van der Waals surface area (Å²) in [5.74, 6) is 0.870. The van der Waals surface area contributed by atoms with Crippen molar-refractivity contribution >= 4 is 11.9 Å². The van der Waals surface area contributed by atoms with E-state index in [9.17, 15) is 0 Å². The fraction of sp³-hybridized carbons (Fsp3) is 0.133. The Kier molecular flexibility index (Phi) is 3.92. The second-order valence-corrected chi connectivity index (χ2v) is 3.56. The molecule has 0 aromatic heterocycles. The predicted octanol–water partition coefficient (Wildman–Crippen LogP) is 3.84. The molecule has 2 aromatic carbocycles. The molecular weight excluding hydrogens is 210 g/mol. The maximum Gasteiger partial charge on any atom is 0.128 e. The fourth-order valence-electron chi connectivity index (χ4n) is 1.53. The molecule has 0 saturated heterocycles. The van der Waals surface area contributed by atoms with E-state index in [0.29, 0.717) is 6.61 Å². The average Bonchev–Trinajstić information content (AvgIpc) is 2.39. The Bertz CT molecular complexity index is 491. The molecule has 0 spiro atoms. The number of aliphatic imine (C=N–C) groups is 1. The van der Waals surface area contributed by atoms with Gasteiger partial charge in [-0.2, -0.15) is 0 Å². The molecule has 0 N–H and O–H groups in total. The quantitative estimate of drug-likeness (QED) is 0.724. The first kappa shape index (κ1) is 11.4. The number of ether oxygens (including phenoxy) is 1. The minimum Gasteiger partial charge on any atom is -0.493 e. The van der Waals surface area contributed by atoms with Crippen LogP contribution in [0.5, 0.6) is 5.75 Å². The van der Waals surface area contributed by atoms with Crippen molar-refractivity contribution < 1.29 is 4.74 Å².